The highest BCUT2D eigenvalue weighted by atomic mass is 32.2. The van der Waals surface area contributed by atoms with E-state index in [1.165, 1.54) is 17.3 Å². The number of aromatic nitrogens is 1. The largest absolute Gasteiger partial charge is 0.469 e. The molecule has 30 heavy (non-hydrogen) atoms. The molecule has 0 radical (unpaired) electrons. The highest BCUT2D eigenvalue weighted by Crippen LogP contribution is 2.41. The number of hydrogen-bond donors (Lipinski definition) is 0. The van der Waals surface area contributed by atoms with E-state index in [0.717, 1.165) is 5.56 Å². The van der Waals surface area contributed by atoms with Crippen LogP contribution in [0, 0.1) is 17.0 Å². The van der Waals surface area contributed by atoms with Gasteiger partial charge in [0.15, 0.2) is 0 Å². The van der Waals surface area contributed by atoms with Crippen LogP contribution in [-0.4, -0.2) is 36.4 Å². The van der Waals surface area contributed by atoms with Crippen molar-refractivity contribution in [2.75, 3.05) is 7.11 Å². The molecule has 8 nitrogen and oxygen atoms in total. The maximum absolute atomic E-state index is 13.3. The Labute approximate surface area is 173 Å². The summed E-state index contributed by atoms with van der Waals surface area (Å²) >= 11 is 0. The van der Waals surface area contributed by atoms with Gasteiger partial charge >= 0.3 is 5.97 Å². The second-order valence-corrected chi connectivity index (χ2v) is 9.27. The lowest BCUT2D eigenvalue weighted by atomic mass is 9.78. The van der Waals surface area contributed by atoms with Crippen LogP contribution in [0.25, 0.3) is 10.9 Å². The van der Waals surface area contributed by atoms with E-state index in [1.807, 2.05) is 6.92 Å². The molecule has 0 unspecified atom stereocenters. The van der Waals surface area contributed by atoms with Gasteiger partial charge in [0.1, 0.15) is 0 Å². The summed E-state index contributed by atoms with van der Waals surface area (Å²) in [5.41, 5.74) is 2.56. The molecule has 9 heteroatoms. The molecule has 156 valence electrons. The summed E-state index contributed by atoms with van der Waals surface area (Å²) in [7, 11) is -2.65. The van der Waals surface area contributed by atoms with E-state index in [-0.39, 0.29) is 17.7 Å². The maximum Gasteiger partial charge on any atom is 0.306 e. The Kier molecular flexibility index (Phi) is 4.85. The lowest BCUT2D eigenvalue weighted by Gasteiger charge is -2.25. The van der Waals surface area contributed by atoms with Crippen LogP contribution >= 0.6 is 0 Å². The number of carbonyl (C=O) groups excluding carboxylic acids is 1. The van der Waals surface area contributed by atoms with E-state index in [4.69, 9.17) is 4.74 Å². The fourth-order valence-corrected chi connectivity index (χ4v) is 5.54. The zero-order chi connectivity index (χ0) is 21.6. The summed E-state index contributed by atoms with van der Waals surface area (Å²) in [6, 6.07) is 10.5. The molecule has 4 rings (SSSR count). The molecule has 2 atom stereocenters. The average Bonchev–Trinajstić information content (AvgIpc) is 3.10. The number of nitro groups is 1. The summed E-state index contributed by atoms with van der Waals surface area (Å²) in [6.07, 6.45) is 1.36. The van der Waals surface area contributed by atoms with Crippen LogP contribution in [0.4, 0.5) is 0 Å². The number of hydrogen-bond acceptors (Lipinski definition) is 6. The number of nitrogens with zero attached hydrogens (tertiary/aromatic N) is 2. The predicted molar refractivity (Wildman–Crippen MR) is 110 cm³/mol. The molecule has 3 aromatic rings. The molecule has 1 aliphatic carbocycles. The first-order valence-corrected chi connectivity index (χ1v) is 10.8. The first-order valence-electron chi connectivity index (χ1n) is 9.39. The highest BCUT2D eigenvalue weighted by Gasteiger charge is 2.41. The van der Waals surface area contributed by atoms with Gasteiger partial charge < -0.3 is 4.74 Å². The minimum atomic E-state index is -3.89. The van der Waals surface area contributed by atoms with Crippen molar-refractivity contribution in [2.45, 2.75) is 36.6 Å². The molecular formula is C21H20N2O6S. The molecule has 1 aliphatic rings. The molecule has 0 amide bonds. The van der Waals surface area contributed by atoms with Crippen LogP contribution in [0.3, 0.4) is 0 Å². The summed E-state index contributed by atoms with van der Waals surface area (Å²) in [5, 5.41) is 12.4. The normalized spacial score (nSPS) is 18.3. The maximum atomic E-state index is 13.3. The van der Waals surface area contributed by atoms with E-state index >= 15 is 0 Å². The second kappa shape index (κ2) is 7.24. The lowest BCUT2D eigenvalue weighted by Crippen LogP contribution is -2.34. The number of methoxy groups -OCH3 is 1. The van der Waals surface area contributed by atoms with Crippen molar-refractivity contribution in [1.29, 1.82) is 0 Å². The Bertz CT molecular complexity index is 1260. The second-order valence-electron chi connectivity index (χ2n) is 7.45. The molecule has 0 fully saturated rings. The lowest BCUT2D eigenvalue weighted by molar-refractivity contribution is -0.526. The van der Waals surface area contributed by atoms with Gasteiger partial charge in [-0.15, -0.1) is 0 Å². The molecule has 0 saturated carbocycles. The van der Waals surface area contributed by atoms with Gasteiger partial charge in [-0.25, -0.2) is 12.4 Å². The summed E-state index contributed by atoms with van der Waals surface area (Å²) < 4.78 is 32.5. The molecular weight excluding hydrogens is 408 g/mol. The van der Waals surface area contributed by atoms with E-state index in [0.29, 0.717) is 22.0 Å². The highest BCUT2D eigenvalue weighted by molar-refractivity contribution is 7.90. The van der Waals surface area contributed by atoms with E-state index in [2.05, 4.69) is 0 Å². The Balaban J connectivity index is 1.92. The zero-order valence-corrected chi connectivity index (χ0v) is 17.3. The van der Waals surface area contributed by atoms with Crippen molar-refractivity contribution in [3.8, 4) is 0 Å². The molecule has 1 heterocycles. The molecule has 0 spiro atoms. The van der Waals surface area contributed by atoms with Gasteiger partial charge in [-0.2, -0.15) is 0 Å². The van der Waals surface area contributed by atoms with Crippen molar-refractivity contribution in [2.24, 2.45) is 0 Å². The number of esters is 1. The fourth-order valence-electron chi connectivity index (χ4n) is 4.16. The Morgan fingerprint density at radius 2 is 1.93 bits per heavy atom. The third-order valence-corrected chi connectivity index (χ3v) is 7.35. The minimum absolute atomic E-state index is 0.0403. The van der Waals surface area contributed by atoms with Crippen LogP contribution in [0.1, 0.15) is 29.0 Å². The van der Waals surface area contributed by atoms with Gasteiger partial charge in [-0.05, 0) is 36.2 Å². The van der Waals surface area contributed by atoms with Crippen molar-refractivity contribution in [3.63, 3.8) is 0 Å². The van der Waals surface area contributed by atoms with Crippen molar-refractivity contribution >= 4 is 26.9 Å². The van der Waals surface area contributed by atoms with Gasteiger partial charge in [0, 0.05) is 22.9 Å². The smallest absolute Gasteiger partial charge is 0.306 e. The standard InChI is InChI=1S/C21H20N2O6S/c1-13-6-8-15(9-7-13)30(27,28)22-12-14-10-19(23(25)26)17(11-20(24)29-2)16-4-3-5-18(22)21(14)16/h3-9,12,17,19H,10-11H2,1-2H3/t17-,19-/m0/s1. The van der Waals surface area contributed by atoms with Gasteiger partial charge in [0.05, 0.1) is 29.9 Å². The van der Waals surface area contributed by atoms with E-state index in [1.54, 1.807) is 42.5 Å². The molecule has 1 aromatic heterocycles. The fraction of sp³-hybridized carbons (Fsp3) is 0.286. The first-order chi connectivity index (χ1) is 14.2. The number of benzene rings is 2. The summed E-state index contributed by atoms with van der Waals surface area (Å²) in [5.74, 6) is -1.24. The zero-order valence-electron chi connectivity index (χ0n) is 16.4. The molecule has 2 aromatic carbocycles. The van der Waals surface area contributed by atoms with Crippen molar-refractivity contribution in [1.82, 2.24) is 3.97 Å². The average molecular weight is 428 g/mol. The molecule has 0 aliphatic heterocycles. The van der Waals surface area contributed by atoms with Crippen molar-refractivity contribution in [3.05, 3.63) is 75.5 Å². The van der Waals surface area contributed by atoms with Crippen LogP contribution in [-0.2, 0) is 26.0 Å². The van der Waals surface area contributed by atoms with Gasteiger partial charge in [-0.1, -0.05) is 29.8 Å². The first kappa shape index (κ1) is 20.1. The molecule has 0 N–H and O–H groups in total. The minimum Gasteiger partial charge on any atom is -0.469 e. The quantitative estimate of drug-likeness (QED) is 0.351. The number of ether oxygens (including phenoxy) is 1. The van der Waals surface area contributed by atoms with Crippen LogP contribution in [0.15, 0.2) is 53.6 Å². The number of rotatable bonds is 5. The van der Waals surface area contributed by atoms with E-state index in [9.17, 15) is 23.3 Å². The number of carbonyl (C=O) groups is 1. The Morgan fingerprint density at radius 3 is 2.57 bits per heavy atom. The third kappa shape index (κ3) is 3.15. The van der Waals surface area contributed by atoms with E-state index < -0.39 is 32.9 Å². The summed E-state index contributed by atoms with van der Waals surface area (Å²) in [4.78, 5) is 23.4. The van der Waals surface area contributed by atoms with Crippen LogP contribution in [0.2, 0.25) is 0 Å². The monoisotopic (exact) mass is 428 g/mol. The van der Waals surface area contributed by atoms with Gasteiger partial charge in [0.2, 0.25) is 6.04 Å². The summed E-state index contributed by atoms with van der Waals surface area (Å²) in [6.45, 7) is 1.87. The molecule has 0 bridgehead atoms. The Hall–Kier alpha value is -3.20. The van der Waals surface area contributed by atoms with Gasteiger partial charge in [0.25, 0.3) is 10.0 Å². The van der Waals surface area contributed by atoms with Gasteiger partial charge in [-0.3, -0.25) is 14.9 Å². The van der Waals surface area contributed by atoms with Crippen LogP contribution < -0.4 is 0 Å². The van der Waals surface area contributed by atoms with Crippen LogP contribution in [0.5, 0.6) is 0 Å². The topological polar surface area (TPSA) is 109 Å². The SMILES string of the molecule is COC(=O)C[C@H]1c2cccc3c2c(cn3S(=O)(=O)c2ccc(C)cc2)C[C@@H]1[N+](=O)[O-]. The predicted octanol–water partition coefficient (Wildman–Crippen LogP) is 3.03. The van der Waals surface area contributed by atoms with Crippen molar-refractivity contribution < 1.29 is 22.9 Å². The third-order valence-electron chi connectivity index (χ3n) is 5.66. The Morgan fingerprint density at radius 1 is 1.23 bits per heavy atom. The number of aryl methyl sites for hydroxylation is 1. The molecule has 0 saturated heterocycles.